The molecule has 194 valence electrons. The highest BCUT2D eigenvalue weighted by Gasteiger charge is 2.28. The molecule has 0 spiro atoms. The third kappa shape index (κ3) is 5.78. The Morgan fingerprint density at radius 2 is 1.76 bits per heavy atom. The number of methoxy groups -OCH3 is 2. The van der Waals surface area contributed by atoms with Crippen molar-refractivity contribution in [2.45, 2.75) is 11.8 Å². The number of nitrogens with zero attached hydrogens (tertiary/aromatic N) is 2. The molecule has 3 aromatic carbocycles. The number of para-hydroxylation sites is 1. The molecule has 1 heterocycles. The Balaban J connectivity index is 1.60. The number of amides is 1. The first-order valence-electron chi connectivity index (χ1n) is 11.4. The summed E-state index contributed by atoms with van der Waals surface area (Å²) < 4.78 is 50.0. The summed E-state index contributed by atoms with van der Waals surface area (Å²) in [7, 11) is -1.19. The van der Waals surface area contributed by atoms with Crippen molar-refractivity contribution in [1.29, 1.82) is 0 Å². The van der Waals surface area contributed by atoms with Gasteiger partial charge in [-0.1, -0.05) is 23.8 Å². The Morgan fingerprint density at radius 3 is 2.49 bits per heavy atom. The van der Waals surface area contributed by atoms with E-state index in [-0.39, 0.29) is 10.6 Å². The zero-order valence-corrected chi connectivity index (χ0v) is 21.4. The number of fused-ring (bicyclic) bond motifs is 1. The van der Waals surface area contributed by atoms with Crippen LogP contribution in [0.5, 0.6) is 23.0 Å². The van der Waals surface area contributed by atoms with E-state index >= 15 is 0 Å². The molecule has 0 aromatic heterocycles. The predicted molar refractivity (Wildman–Crippen MR) is 138 cm³/mol. The van der Waals surface area contributed by atoms with Crippen LogP contribution < -0.4 is 28.7 Å². The summed E-state index contributed by atoms with van der Waals surface area (Å²) in [4.78, 5) is 12.9. The van der Waals surface area contributed by atoms with Crippen molar-refractivity contribution in [3.05, 3.63) is 71.8 Å². The van der Waals surface area contributed by atoms with E-state index in [2.05, 4.69) is 10.5 Å². The fourth-order valence-corrected chi connectivity index (χ4v) is 5.08. The molecule has 37 heavy (non-hydrogen) atoms. The van der Waals surface area contributed by atoms with Crippen LogP contribution in [-0.2, 0) is 14.8 Å². The molecule has 0 unspecified atom stereocenters. The monoisotopic (exact) mass is 525 g/mol. The lowest BCUT2D eigenvalue weighted by molar-refractivity contribution is -0.119. The predicted octanol–water partition coefficient (Wildman–Crippen LogP) is 3.13. The smallest absolute Gasteiger partial charge is 0.264 e. The summed E-state index contributed by atoms with van der Waals surface area (Å²) in [6.45, 7) is 2.18. The molecule has 1 aliphatic heterocycles. The van der Waals surface area contributed by atoms with Gasteiger partial charge in [0.25, 0.3) is 15.9 Å². The molecule has 0 aliphatic carbocycles. The quantitative estimate of drug-likeness (QED) is 0.337. The lowest BCUT2D eigenvalue weighted by Gasteiger charge is -2.24. The van der Waals surface area contributed by atoms with Gasteiger partial charge in [0.05, 0.1) is 31.0 Å². The summed E-state index contributed by atoms with van der Waals surface area (Å²) in [6.07, 6.45) is 1.42. The highest BCUT2D eigenvalue weighted by molar-refractivity contribution is 7.92. The summed E-state index contributed by atoms with van der Waals surface area (Å²) in [5, 5.41) is 4.00. The largest absolute Gasteiger partial charge is 0.493 e. The van der Waals surface area contributed by atoms with Gasteiger partial charge in [-0.15, -0.1) is 0 Å². The first kappa shape index (κ1) is 25.8. The number of carbonyl (C=O) groups excluding carboxylic acids is 1. The van der Waals surface area contributed by atoms with Crippen molar-refractivity contribution in [1.82, 2.24) is 5.43 Å². The van der Waals surface area contributed by atoms with Crippen LogP contribution in [0.3, 0.4) is 0 Å². The first-order chi connectivity index (χ1) is 17.8. The Kier molecular flexibility index (Phi) is 7.83. The molecule has 0 saturated carbocycles. The van der Waals surface area contributed by atoms with Crippen molar-refractivity contribution in [3.8, 4) is 23.0 Å². The van der Waals surface area contributed by atoms with Crippen LogP contribution in [0.4, 0.5) is 5.69 Å². The van der Waals surface area contributed by atoms with Gasteiger partial charge >= 0.3 is 0 Å². The van der Waals surface area contributed by atoms with Gasteiger partial charge in [-0.05, 0) is 43.3 Å². The molecule has 3 aromatic rings. The lowest BCUT2D eigenvalue weighted by Crippen LogP contribution is -2.39. The maximum absolute atomic E-state index is 13.6. The van der Waals surface area contributed by atoms with Crippen molar-refractivity contribution in [2.24, 2.45) is 5.10 Å². The standard InChI is InChI=1S/C26H27N3O7S/c1-18-7-10-21(11-8-18)37(31,32)29(20-9-12-22(33-2)24(15-20)34-3)17-25(30)28-27-16-19-5-4-6-23-26(19)36-14-13-35-23/h4-12,15-16H,13-14,17H2,1-3H3,(H,28,30)/b27-16-. The topological polar surface area (TPSA) is 116 Å². The van der Waals surface area contributed by atoms with Crippen LogP contribution >= 0.6 is 0 Å². The third-order valence-corrected chi connectivity index (χ3v) is 7.33. The van der Waals surface area contributed by atoms with Crippen molar-refractivity contribution in [3.63, 3.8) is 0 Å². The van der Waals surface area contributed by atoms with Gasteiger partial charge in [0.2, 0.25) is 0 Å². The van der Waals surface area contributed by atoms with E-state index in [1.54, 1.807) is 36.4 Å². The van der Waals surface area contributed by atoms with Gasteiger partial charge in [-0.2, -0.15) is 5.10 Å². The SMILES string of the molecule is COc1ccc(N(CC(=O)N/N=C\c2cccc3c2OCCO3)S(=O)(=O)c2ccc(C)cc2)cc1OC. The lowest BCUT2D eigenvalue weighted by atomic mass is 10.2. The normalized spacial score (nSPS) is 12.7. The average Bonchev–Trinajstić information content (AvgIpc) is 2.91. The molecular weight excluding hydrogens is 498 g/mol. The Hall–Kier alpha value is -4.25. The molecule has 1 N–H and O–H groups in total. The van der Waals surface area contributed by atoms with E-state index in [4.69, 9.17) is 18.9 Å². The second kappa shape index (κ2) is 11.2. The molecule has 1 amide bonds. The fraction of sp³-hybridized carbons (Fsp3) is 0.231. The molecule has 0 radical (unpaired) electrons. The molecule has 0 atom stereocenters. The van der Waals surface area contributed by atoms with E-state index in [0.29, 0.717) is 41.8 Å². The van der Waals surface area contributed by atoms with Crippen LogP contribution in [0.2, 0.25) is 0 Å². The number of carbonyl (C=O) groups is 1. The number of hydrogen-bond acceptors (Lipinski definition) is 8. The molecule has 11 heteroatoms. The van der Waals surface area contributed by atoms with Crippen LogP contribution in [0, 0.1) is 6.92 Å². The molecule has 0 fully saturated rings. The van der Waals surface area contributed by atoms with E-state index < -0.39 is 22.5 Å². The van der Waals surface area contributed by atoms with Gasteiger partial charge in [0.1, 0.15) is 19.8 Å². The number of ether oxygens (including phenoxy) is 4. The highest BCUT2D eigenvalue weighted by atomic mass is 32.2. The van der Waals surface area contributed by atoms with E-state index in [1.807, 2.05) is 6.92 Å². The minimum Gasteiger partial charge on any atom is -0.493 e. The molecular formula is C26H27N3O7S. The minimum absolute atomic E-state index is 0.0391. The number of aryl methyl sites for hydroxylation is 1. The highest BCUT2D eigenvalue weighted by Crippen LogP contribution is 2.34. The van der Waals surface area contributed by atoms with Gasteiger partial charge in [0.15, 0.2) is 23.0 Å². The number of hydrogen-bond donors (Lipinski definition) is 1. The first-order valence-corrected chi connectivity index (χ1v) is 12.8. The van der Waals surface area contributed by atoms with Crippen LogP contribution in [0.15, 0.2) is 70.7 Å². The summed E-state index contributed by atoms with van der Waals surface area (Å²) in [5.41, 5.74) is 4.13. The zero-order chi connectivity index (χ0) is 26.4. The van der Waals surface area contributed by atoms with Gasteiger partial charge < -0.3 is 18.9 Å². The average molecular weight is 526 g/mol. The molecule has 10 nitrogen and oxygen atoms in total. The minimum atomic E-state index is -4.11. The fourth-order valence-electron chi connectivity index (χ4n) is 3.67. The molecule has 4 rings (SSSR count). The maximum Gasteiger partial charge on any atom is 0.264 e. The number of anilines is 1. The van der Waals surface area contributed by atoms with Crippen LogP contribution in [-0.4, -0.2) is 54.5 Å². The summed E-state index contributed by atoms with van der Waals surface area (Å²) in [5.74, 6) is 1.21. The second-order valence-corrected chi connectivity index (χ2v) is 9.89. The van der Waals surface area contributed by atoms with Gasteiger partial charge in [-0.3, -0.25) is 9.10 Å². The van der Waals surface area contributed by atoms with Crippen molar-refractivity contribution < 1.29 is 32.2 Å². The Labute approximate surface area is 215 Å². The third-order valence-electron chi connectivity index (χ3n) is 5.54. The van der Waals surface area contributed by atoms with Gasteiger partial charge in [-0.25, -0.2) is 13.8 Å². The Bertz CT molecular complexity index is 1410. The number of nitrogens with one attached hydrogen (secondary N) is 1. The zero-order valence-electron chi connectivity index (χ0n) is 20.6. The van der Waals surface area contributed by atoms with Crippen LogP contribution in [0.25, 0.3) is 0 Å². The number of hydrazone groups is 1. The van der Waals surface area contributed by atoms with E-state index in [0.717, 1.165) is 9.87 Å². The van der Waals surface area contributed by atoms with Crippen molar-refractivity contribution in [2.75, 3.05) is 38.3 Å². The molecule has 0 bridgehead atoms. The summed E-state index contributed by atoms with van der Waals surface area (Å²) in [6, 6.07) is 16.3. The van der Waals surface area contributed by atoms with E-state index in [9.17, 15) is 13.2 Å². The van der Waals surface area contributed by atoms with E-state index in [1.165, 1.54) is 44.7 Å². The maximum atomic E-state index is 13.6. The number of benzene rings is 3. The van der Waals surface area contributed by atoms with Gasteiger partial charge in [0, 0.05) is 11.6 Å². The number of rotatable bonds is 9. The number of sulfonamides is 1. The molecule has 1 aliphatic rings. The molecule has 0 saturated heterocycles. The summed E-state index contributed by atoms with van der Waals surface area (Å²) >= 11 is 0. The second-order valence-electron chi connectivity index (χ2n) is 8.03. The Morgan fingerprint density at radius 1 is 1.03 bits per heavy atom. The van der Waals surface area contributed by atoms with Crippen LogP contribution in [0.1, 0.15) is 11.1 Å². The van der Waals surface area contributed by atoms with Crippen molar-refractivity contribution >= 4 is 27.8 Å².